The number of ether oxygens (including phenoxy) is 3. The third-order valence-electron chi connectivity index (χ3n) is 1.78. The fourth-order valence-corrected chi connectivity index (χ4v) is 1.03. The van der Waals surface area contributed by atoms with Crippen LogP contribution in [0.4, 0.5) is 5.82 Å². The van der Waals surface area contributed by atoms with Crippen molar-refractivity contribution >= 4 is 5.82 Å². The number of nitrogens with zero attached hydrogens (tertiary/aromatic N) is 1. The van der Waals surface area contributed by atoms with Crippen LogP contribution in [0.1, 0.15) is 0 Å². The number of hydrogen-bond acceptors (Lipinski definition) is 6. The lowest BCUT2D eigenvalue weighted by Crippen LogP contribution is -2.12. The minimum atomic E-state index is 0.449. The van der Waals surface area contributed by atoms with Gasteiger partial charge in [0.25, 0.3) is 0 Å². The normalized spacial score (nSPS) is 10.1. The number of aromatic nitrogens is 1. The lowest BCUT2D eigenvalue weighted by atomic mass is 10.4. The van der Waals surface area contributed by atoms with E-state index in [0.717, 1.165) is 0 Å². The zero-order valence-corrected chi connectivity index (χ0v) is 9.31. The minimum absolute atomic E-state index is 0.449. The summed E-state index contributed by atoms with van der Waals surface area (Å²) < 4.78 is 15.4. The number of nitrogens with one attached hydrogen (secondary N) is 1. The van der Waals surface area contributed by atoms with Gasteiger partial charge in [0.15, 0.2) is 0 Å². The van der Waals surface area contributed by atoms with E-state index in [2.05, 4.69) is 10.4 Å². The Balaban J connectivity index is 2.16. The molecule has 0 aliphatic rings. The van der Waals surface area contributed by atoms with E-state index in [-0.39, 0.29) is 0 Å². The Labute approximate surface area is 94.7 Å². The summed E-state index contributed by atoms with van der Waals surface area (Å²) in [5.41, 5.74) is 2.45. The molecule has 0 aliphatic carbocycles. The number of pyridine rings is 1. The van der Waals surface area contributed by atoms with Gasteiger partial charge in [0, 0.05) is 13.2 Å². The molecule has 0 aromatic carbocycles. The summed E-state index contributed by atoms with van der Waals surface area (Å²) in [5, 5.41) is 0. The Hall–Kier alpha value is -1.37. The van der Waals surface area contributed by atoms with Gasteiger partial charge in [0.2, 0.25) is 5.88 Å². The van der Waals surface area contributed by atoms with Gasteiger partial charge >= 0.3 is 0 Å². The summed E-state index contributed by atoms with van der Waals surface area (Å²) in [6.45, 7) is 2.11. The van der Waals surface area contributed by atoms with Crippen LogP contribution in [-0.2, 0) is 9.47 Å². The topological polar surface area (TPSA) is 78.6 Å². The van der Waals surface area contributed by atoms with Crippen molar-refractivity contribution in [2.75, 3.05) is 39.0 Å². The first-order valence-corrected chi connectivity index (χ1v) is 5.00. The van der Waals surface area contributed by atoms with E-state index in [1.165, 1.54) is 0 Å². The number of rotatable bonds is 8. The molecule has 90 valence electrons. The zero-order chi connectivity index (χ0) is 11.6. The summed E-state index contributed by atoms with van der Waals surface area (Å²) in [7, 11) is 1.63. The summed E-state index contributed by atoms with van der Waals surface area (Å²) >= 11 is 0. The monoisotopic (exact) mass is 227 g/mol. The van der Waals surface area contributed by atoms with Gasteiger partial charge in [0.1, 0.15) is 12.4 Å². The molecule has 6 heteroatoms. The van der Waals surface area contributed by atoms with Crippen LogP contribution in [0.15, 0.2) is 18.2 Å². The second-order valence-corrected chi connectivity index (χ2v) is 2.96. The van der Waals surface area contributed by atoms with Crippen molar-refractivity contribution in [1.29, 1.82) is 0 Å². The fourth-order valence-electron chi connectivity index (χ4n) is 1.03. The molecule has 0 spiro atoms. The highest BCUT2D eigenvalue weighted by Crippen LogP contribution is 2.09. The third-order valence-corrected chi connectivity index (χ3v) is 1.78. The molecule has 6 nitrogen and oxygen atoms in total. The maximum Gasteiger partial charge on any atom is 0.215 e. The second-order valence-electron chi connectivity index (χ2n) is 2.96. The van der Waals surface area contributed by atoms with Crippen molar-refractivity contribution in [3.63, 3.8) is 0 Å². The van der Waals surface area contributed by atoms with Crippen molar-refractivity contribution in [2.45, 2.75) is 0 Å². The van der Waals surface area contributed by atoms with E-state index in [0.29, 0.717) is 38.1 Å². The maximum atomic E-state index is 5.36. The van der Waals surface area contributed by atoms with Gasteiger partial charge in [-0.1, -0.05) is 6.07 Å². The molecular weight excluding hydrogens is 210 g/mol. The van der Waals surface area contributed by atoms with E-state index >= 15 is 0 Å². The average molecular weight is 227 g/mol. The van der Waals surface area contributed by atoms with Crippen LogP contribution >= 0.6 is 0 Å². The molecule has 16 heavy (non-hydrogen) atoms. The van der Waals surface area contributed by atoms with Crippen LogP contribution in [0.3, 0.4) is 0 Å². The van der Waals surface area contributed by atoms with Gasteiger partial charge in [-0.3, -0.25) is 0 Å². The summed E-state index contributed by atoms with van der Waals surface area (Å²) in [4.78, 5) is 4.09. The highest BCUT2D eigenvalue weighted by molar-refractivity contribution is 5.35. The molecule has 0 radical (unpaired) electrons. The first kappa shape index (κ1) is 12.7. The van der Waals surface area contributed by atoms with Gasteiger partial charge < -0.3 is 19.6 Å². The predicted molar refractivity (Wildman–Crippen MR) is 60.2 cm³/mol. The van der Waals surface area contributed by atoms with E-state index in [9.17, 15) is 0 Å². The largest absolute Gasteiger partial charge is 0.475 e. The van der Waals surface area contributed by atoms with Crippen molar-refractivity contribution in [2.24, 2.45) is 5.84 Å². The molecule has 1 aromatic rings. The summed E-state index contributed by atoms with van der Waals surface area (Å²) in [6.07, 6.45) is 0. The molecule has 1 rings (SSSR count). The molecule has 3 N–H and O–H groups in total. The molecule has 1 heterocycles. The van der Waals surface area contributed by atoms with Crippen molar-refractivity contribution in [3.05, 3.63) is 18.2 Å². The number of hydrazine groups is 1. The fraction of sp³-hybridized carbons (Fsp3) is 0.500. The Morgan fingerprint density at radius 1 is 1.25 bits per heavy atom. The number of hydrogen-bond donors (Lipinski definition) is 2. The third kappa shape index (κ3) is 4.92. The van der Waals surface area contributed by atoms with Gasteiger partial charge in [-0.25, -0.2) is 5.84 Å². The number of methoxy groups -OCH3 is 1. The second kappa shape index (κ2) is 7.86. The Bertz CT molecular complexity index is 296. The van der Waals surface area contributed by atoms with Crippen molar-refractivity contribution in [3.8, 4) is 5.88 Å². The maximum absolute atomic E-state index is 5.36. The van der Waals surface area contributed by atoms with Crippen LogP contribution in [0.5, 0.6) is 5.88 Å². The Kier molecular flexibility index (Phi) is 6.24. The van der Waals surface area contributed by atoms with E-state index < -0.39 is 0 Å². The molecule has 0 atom stereocenters. The molecule has 0 amide bonds. The molecular formula is C10H17N3O3. The molecule has 0 bridgehead atoms. The highest BCUT2D eigenvalue weighted by atomic mass is 16.5. The smallest absolute Gasteiger partial charge is 0.215 e. The molecule has 1 aromatic heterocycles. The van der Waals surface area contributed by atoms with Crippen LogP contribution in [0.25, 0.3) is 0 Å². The lowest BCUT2D eigenvalue weighted by molar-refractivity contribution is 0.0537. The summed E-state index contributed by atoms with van der Waals surface area (Å²) in [5.74, 6) is 6.31. The number of nitrogens with two attached hydrogens (primary N) is 1. The average Bonchev–Trinajstić information content (AvgIpc) is 2.34. The SMILES string of the molecule is COCCOCCOc1cccc(NN)n1. The van der Waals surface area contributed by atoms with Crippen molar-refractivity contribution < 1.29 is 14.2 Å². The Morgan fingerprint density at radius 2 is 2.06 bits per heavy atom. The minimum Gasteiger partial charge on any atom is -0.475 e. The quantitative estimate of drug-likeness (QED) is 0.380. The number of anilines is 1. The standard InChI is InChI=1S/C10H17N3O3/c1-14-5-6-15-7-8-16-10-4-2-3-9(12-10)13-11/h2-4H,5-8,11H2,1H3,(H,12,13). The van der Waals surface area contributed by atoms with Gasteiger partial charge in [-0.2, -0.15) is 4.98 Å². The van der Waals surface area contributed by atoms with Gasteiger partial charge in [0.05, 0.1) is 19.8 Å². The number of nitrogen functional groups attached to an aromatic ring is 1. The predicted octanol–water partition coefficient (Wildman–Crippen LogP) is 0.409. The van der Waals surface area contributed by atoms with Crippen molar-refractivity contribution in [1.82, 2.24) is 4.98 Å². The molecule has 0 fully saturated rings. The first-order chi connectivity index (χ1) is 7.86. The molecule has 0 saturated carbocycles. The van der Waals surface area contributed by atoms with Crippen LogP contribution in [0, 0.1) is 0 Å². The van der Waals surface area contributed by atoms with Gasteiger partial charge in [-0.05, 0) is 6.07 Å². The lowest BCUT2D eigenvalue weighted by Gasteiger charge is -2.07. The van der Waals surface area contributed by atoms with E-state index in [4.69, 9.17) is 20.1 Å². The molecule has 0 aliphatic heterocycles. The van der Waals surface area contributed by atoms with E-state index in [1.807, 2.05) is 6.07 Å². The van der Waals surface area contributed by atoms with Crippen LogP contribution in [-0.4, -0.2) is 38.5 Å². The van der Waals surface area contributed by atoms with E-state index in [1.54, 1.807) is 19.2 Å². The first-order valence-electron chi connectivity index (χ1n) is 5.00. The molecule has 0 unspecified atom stereocenters. The molecule has 0 saturated heterocycles. The summed E-state index contributed by atoms with van der Waals surface area (Å²) in [6, 6.07) is 5.32. The van der Waals surface area contributed by atoms with Crippen LogP contribution < -0.4 is 16.0 Å². The highest BCUT2D eigenvalue weighted by Gasteiger charge is 1.96. The van der Waals surface area contributed by atoms with Gasteiger partial charge in [-0.15, -0.1) is 0 Å². The van der Waals surface area contributed by atoms with Crippen LogP contribution in [0.2, 0.25) is 0 Å². The zero-order valence-electron chi connectivity index (χ0n) is 9.31. The Morgan fingerprint density at radius 3 is 2.81 bits per heavy atom.